The zero-order valence-electron chi connectivity index (χ0n) is 13.4. The van der Waals surface area contributed by atoms with Gasteiger partial charge in [0, 0.05) is 24.2 Å². The Morgan fingerprint density at radius 2 is 1.95 bits per heavy atom. The molecule has 0 spiro atoms. The van der Waals surface area contributed by atoms with Crippen LogP contribution in [0.15, 0.2) is 17.0 Å². The third-order valence-electron chi connectivity index (χ3n) is 3.78. The number of rotatable bonds is 7. The van der Waals surface area contributed by atoms with Crippen LogP contribution in [0.25, 0.3) is 0 Å². The normalized spacial score (nSPS) is 13.7. The number of nitrogens with one attached hydrogen (secondary N) is 1. The van der Waals surface area contributed by atoms with E-state index in [-0.39, 0.29) is 6.04 Å². The van der Waals surface area contributed by atoms with Crippen molar-refractivity contribution in [2.24, 2.45) is 0 Å². The standard InChI is InChI=1S/C15H25ClN2O2S/c1-6-11(3)18(7-2)21(19,20)15-9-14(16)8-13(10-17-5)12(15)4/h8-9,11,17H,6-7,10H2,1-5H3. The van der Waals surface area contributed by atoms with Crippen LogP contribution < -0.4 is 5.32 Å². The molecular formula is C15H25ClN2O2S. The lowest BCUT2D eigenvalue weighted by molar-refractivity contribution is 0.342. The van der Waals surface area contributed by atoms with Crippen molar-refractivity contribution in [3.8, 4) is 0 Å². The van der Waals surface area contributed by atoms with Crippen molar-refractivity contribution in [2.75, 3.05) is 13.6 Å². The molecular weight excluding hydrogens is 308 g/mol. The fraction of sp³-hybridized carbons (Fsp3) is 0.600. The van der Waals surface area contributed by atoms with Gasteiger partial charge < -0.3 is 5.32 Å². The lowest BCUT2D eigenvalue weighted by Crippen LogP contribution is -2.38. The first-order valence-corrected chi connectivity index (χ1v) is 9.06. The minimum Gasteiger partial charge on any atom is -0.316 e. The lowest BCUT2D eigenvalue weighted by atomic mass is 10.1. The SMILES string of the molecule is CCC(C)N(CC)S(=O)(=O)c1cc(Cl)cc(CNC)c1C. The average molecular weight is 333 g/mol. The smallest absolute Gasteiger partial charge is 0.243 e. The van der Waals surface area contributed by atoms with E-state index in [9.17, 15) is 8.42 Å². The second-order valence-corrected chi connectivity index (χ2v) is 7.48. The Hall–Kier alpha value is -0.620. The van der Waals surface area contributed by atoms with Gasteiger partial charge >= 0.3 is 0 Å². The Bertz CT molecular complexity index is 588. The van der Waals surface area contributed by atoms with Crippen LogP contribution in [0.5, 0.6) is 0 Å². The second kappa shape index (κ2) is 7.58. The Morgan fingerprint density at radius 3 is 2.43 bits per heavy atom. The van der Waals surface area contributed by atoms with Gasteiger partial charge in [0.05, 0.1) is 4.90 Å². The van der Waals surface area contributed by atoms with Crippen LogP contribution in [0.4, 0.5) is 0 Å². The molecule has 0 aliphatic heterocycles. The zero-order chi connectivity index (χ0) is 16.2. The summed E-state index contributed by atoms with van der Waals surface area (Å²) in [5, 5.41) is 3.49. The maximum absolute atomic E-state index is 12.9. The monoisotopic (exact) mass is 332 g/mol. The van der Waals surface area contributed by atoms with Gasteiger partial charge in [0.15, 0.2) is 0 Å². The van der Waals surface area contributed by atoms with E-state index in [4.69, 9.17) is 11.6 Å². The number of benzene rings is 1. The fourth-order valence-corrected chi connectivity index (χ4v) is 4.71. The van der Waals surface area contributed by atoms with Gasteiger partial charge in [-0.25, -0.2) is 8.42 Å². The highest BCUT2D eigenvalue weighted by atomic mass is 35.5. The molecule has 0 saturated heterocycles. The summed E-state index contributed by atoms with van der Waals surface area (Å²) in [4.78, 5) is 0.308. The molecule has 0 amide bonds. The van der Waals surface area contributed by atoms with Crippen molar-refractivity contribution in [1.29, 1.82) is 0 Å². The molecule has 0 fully saturated rings. The molecule has 0 radical (unpaired) electrons. The van der Waals surface area contributed by atoms with Gasteiger partial charge in [0.1, 0.15) is 0 Å². The van der Waals surface area contributed by atoms with Crippen LogP contribution in [0.2, 0.25) is 5.02 Å². The highest BCUT2D eigenvalue weighted by molar-refractivity contribution is 7.89. The Morgan fingerprint density at radius 1 is 1.33 bits per heavy atom. The van der Waals surface area contributed by atoms with Crippen LogP contribution in [0.1, 0.15) is 38.3 Å². The molecule has 0 heterocycles. The first kappa shape index (κ1) is 18.4. The average Bonchev–Trinajstić information content (AvgIpc) is 2.42. The van der Waals surface area contributed by atoms with E-state index in [2.05, 4.69) is 5.32 Å². The van der Waals surface area contributed by atoms with E-state index in [1.807, 2.05) is 40.8 Å². The van der Waals surface area contributed by atoms with Crippen molar-refractivity contribution in [1.82, 2.24) is 9.62 Å². The molecule has 21 heavy (non-hydrogen) atoms. The summed E-state index contributed by atoms with van der Waals surface area (Å²) in [6.45, 7) is 8.64. The first-order chi connectivity index (χ1) is 9.79. The molecule has 1 rings (SSSR count). The van der Waals surface area contributed by atoms with Gasteiger partial charge in [0.25, 0.3) is 0 Å². The largest absolute Gasteiger partial charge is 0.316 e. The summed E-state index contributed by atoms with van der Waals surface area (Å²) >= 11 is 6.11. The summed E-state index contributed by atoms with van der Waals surface area (Å²) in [6, 6.07) is 3.33. The quantitative estimate of drug-likeness (QED) is 0.834. The van der Waals surface area contributed by atoms with E-state index < -0.39 is 10.0 Å². The number of nitrogens with zero attached hydrogens (tertiary/aromatic N) is 1. The van der Waals surface area contributed by atoms with Crippen molar-refractivity contribution in [3.05, 3.63) is 28.3 Å². The molecule has 120 valence electrons. The molecule has 1 N–H and O–H groups in total. The molecule has 0 aromatic heterocycles. The van der Waals surface area contributed by atoms with Gasteiger partial charge in [-0.15, -0.1) is 0 Å². The van der Waals surface area contributed by atoms with Crippen LogP contribution in [-0.4, -0.2) is 32.4 Å². The van der Waals surface area contributed by atoms with Crippen LogP contribution in [0.3, 0.4) is 0 Å². The van der Waals surface area contributed by atoms with E-state index in [0.717, 1.165) is 17.5 Å². The number of hydrogen-bond donors (Lipinski definition) is 1. The molecule has 1 aromatic carbocycles. The number of sulfonamides is 1. The zero-order valence-corrected chi connectivity index (χ0v) is 15.0. The van der Waals surface area contributed by atoms with E-state index >= 15 is 0 Å². The molecule has 0 bridgehead atoms. The molecule has 0 saturated carbocycles. The summed E-state index contributed by atoms with van der Waals surface area (Å²) in [7, 11) is -1.71. The summed E-state index contributed by atoms with van der Waals surface area (Å²) < 4.78 is 27.4. The van der Waals surface area contributed by atoms with Crippen LogP contribution in [0, 0.1) is 6.92 Å². The summed E-state index contributed by atoms with van der Waals surface area (Å²) in [6.07, 6.45) is 0.774. The molecule has 6 heteroatoms. The molecule has 1 aromatic rings. The highest BCUT2D eigenvalue weighted by Gasteiger charge is 2.29. The predicted octanol–water partition coefficient (Wildman–Crippen LogP) is 3.18. The van der Waals surface area contributed by atoms with Crippen molar-refractivity contribution >= 4 is 21.6 Å². The first-order valence-electron chi connectivity index (χ1n) is 7.25. The Balaban J connectivity index is 3.43. The maximum atomic E-state index is 12.9. The van der Waals surface area contributed by atoms with Gasteiger partial charge in [-0.2, -0.15) is 4.31 Å². The second-order valence-electron chi connectivity index (χ2n) is 5.18. The topological polar surface area (TPSA) is 49.4 Å². The van der Waals surface area contributed by atoms with E-state index in [0.29, 0.717) is 23.0 Å². The predicted molar refractivity (Wildman–Crippen MR) is 88.3 cm³/mol. The summed E-state index contributed by atoms with van der Waals surface area (Å²) in [5.74, 6) is 0. The maximum Gasteiger partial charge on any atom is 0.243 e. The van der Waals surface area contributed by atoms with E-state index in [1.165, 1.54) is 4.31 Å². The van der Waals surface area contributed by atoms with Crippen molar-refractivity contribution in [2.45, 2.75) is 51.6 Å². The van der Waals surface area contributed by atoms with Gasteiger partial charge in [0.2, 0.25) is 10.0 Å². The number of hydrogen-bond acceptors (Lipinski definition) is 3. The minimum atomic E-state index is -3.54. The lowest BCUT2D eigenvalue weighted by Gasteiger charge is -2.27. The van der Waals surface area contributed by atoms with Crippen LogP contribution >= 0.6 is 11.6 Å². The Labute approximate surface area is 133 Å². The fourth-order valence-electron chi connectivity index (χ4n) is 2.40. The van der Waals surface area contributed by atoms with Crippen LogP contribution in [-0.2, 0) is 16.6 Å². The third-order valence-corrected chi connectivity index (χ3v) is 6.21. The third kappa shape index (κ3) is 3.97. The van der Waals surface area contributed by atoms with Gasteiger partial charge in [-0.1, -0.05) is 25.4 Å². The number of halogens is 1. The molecule has 4 nitrogen and oxygen atoms in total. The molecule has 1 unspecified atom stereocenters. The molecule has 1 atom stereocenters. The summed E-state index contributed by atoms with van der Waals surface area (Å²) in [5.41, 5.74) is 1.67. The van der Waals surface area contributed by atoms with Crippen molar-refractivity contribution < 1.29 is 8.42 Å². The van der Waals surface area contributed by atoms with Gasteiger partial charge in [-0.3, -0.25) is 0 Å². The highest BCUT2D eigenvalue weighted by Crippen LogP contribution is 2.28. The molecule has 0 aliphatic rings. The van der Waals surface area contributed by atoms with E-state index in [1.54, 1.807) is 6.07 Å². The minimum absolute atomic E-state index is 0.0360. The molecule has 0 aliphatic carbocycles. The van der Waals surface area contributed by atoms with Crippen molar-refractivity contribution in [3.63, 3.8) is 0 Å². The van der Waals surface area contributed by atoms with Gasteiger partial charge in [-0.05, 0) is 50.6 Å². The Kier molecular flexibility index (Phi) is 6.66.